The fourth-order valence-corrected chi connectivity index (χ4v) is 3.44. The molecule has 0 radical (unpaired) electrons. The Bertz CT molecular complexity index is 1110. The van der Waals surface area contributed by atoms with Crippen molar-refractivity contribution in [2.24, 2.45) is 0 Å². The fraction of sp³-hybridized carbons (Fsp3) is 0.263. The van der Waals surface area contributed by atoms with Crippen molar-refractivity contribution in [2.45, 2.75) is 18.9 Å². The highest BCUT2D eigenvalue weighted by Gasteiger charge is 2.15. The smallest absolute Gasteiger partial charge is 0.189 e. The SMILES string of the molecule is Fc1cccnc1-n1cc(-c2cnc3ccc(NC4CCNCC4)nn23)cn1. The van der Waals surface area contributed by atoms with Crippen LogP contribution < -0.4 is 10.6 Å². The molecule has 8 nitrogen and oxygen atoms in total. The van der Waals surface area contributed by atoms with E-state index in [0.717, 1.165) is 48.7 Å². The Morgan fingerprint density at radius 3 is 2.86 bits per heavy atom. The average Bonchev–Trinajstić information content (AvgIpc) is 3.36. The molecule has 0 unspecified atom stereocenters. The van der Waals surface area contributed by atoms with Crippen LogP contribution in [0.15, 0.2) is 49.1 Å². The Kier molecular flexibility index (Phi) is 4.21. The first-order valence-electron chi connectivity index (χ1n) is 9.26. The van der Waals surface area contributed by atoms with Crippen LogP contribution in [-0.4, -0.2) is 48.5 Å². The molecule has 5 rings (SSSR count). The highest BCUT2D eigenvalue weighted by molar-refractivity contribution is 5.62. The quantitative estimate of drug-likeness (QED) is 0.567. The van der Waals surface area contributed by atoms with Gasteiger partial charge in [0.25, 0.3) is 0 Å². The van der Waals surface area contributed by atoms with Gasteiger partial charge in [-0.25, -0.2) is 23.6 Å². The monoisotopic (exact) mass is 378 g/mol. The predicted octanol–water partition coefficient (Wildman–Crippen LogP) is 2.28. The van der Waals surface area contributed by atoms with Crippen molar-refractivity contribution in [3.05, 3.63) is 54.9 Å². The predicted molar refractivity (Wildman–Crippen MR) is 103 cm³/mol. The highest BCUT2D eigenvalue weighted by Crippen LogP contribution is 2.22. The average molecular weight is 378 g/mol. The minimum absolute atomic E-state index is 0.156. The van der Waals surface area contributed by atoms with Gasteiger partial charge in [0, 0.05) is 24.0 Å². The summed E-state index contributed by atoms with van der Waals surface area (Å²) in [5.74, 6) is 0.535. The maximum absolute atomic E-state index is 14.0. The number of piperidine rings is 1. The summed E-state index contributed by atoms with van der Waals surface area (Å²) in [5.41, 5.74) is 2.30. The van der Waals surface area contributed by atoms with Crippen molar-refractivity contribution >= 4 is 11.5 Å². The molecule has 0 aromatic carbocycles. The molecule has 0 spiro atoms. The Balaban J connectivity index is 1.47. The standard InChI is InChI=1S/C19H19FN8/c20-15-2-1-7-22-19(15)27-12-13(10-24-27)16-11-23-18-4-3-17(26-28(16)18)25-14-5-8-21-9-6-14/h1-4,7,10-12,14,21H,5-6,8-9H2,(H,25,26). The number of hydrogen-bond acceptors (Lipinski definition) is 6. The second-order valence-electron chi connectivity index (χ2n) is 6.78. The van der Waals surface area contributed by atoms with Crippen LogP contribution in [0.2, 0.25) is 0 Å². The molecule has 0 atom stereocenters. The molecule has 2 N–H and O–H groups in total. The van der Waals surface area contributed by atoms with Gasteiger partial charge in [0.05, 0.1) is 18.1 Å². The highest BCUT2D eigenvalue weighted by atomic mass is 19.1. The number of imidazole rings is 1. The van der Waals surface area contributed by atoms with Gasteiger partial charge in [-0.3, -0.25) is 0 Å². The maximum Gasteiger partial charge on any atom is 0.189 e. The van der Waals surface area contributed by atoms with Crippen molar-refractivity contribution in [1.82, 2.24) is 34.7 Å². The summed E-state index contributed by atoms with van der Waals surface area (Å²) in [4.78, 5) is 8.48. The van der Waals surface area contributed by atoms with Crippen LogP contribution >= 0.6 is 0 Å². The van der Waals surface area contributed by atoms with Crippen LogP contribution in [0.25, 0.3) is 22.7 Å². The molecule has 1 aliphatic heterocycles. The van der Waals surface area contributed by atoms with Gasteiger partial charge < -0.3 is 10.6 Å². The summed E-state index contributed by atoms with van der Waals surface area (Å²) in [6.45, 7) is 2.03. The lowest BCUT2D eigenvalue weighted by Crippen LogP contribution is -2.35. The van der Waals surface area contributed by atoms with Gasteiger partial charge in [-0.05, 0) is 50.2 Å². The Morgan fingerprint density at radius 1 is 1.11 bits per heavy atom. The molecular weight excluding hydrogens is 359 g/mol. The van der Waals surface area contributed by atoms with Crippen LogP contribution in [0.1, 0.15) is 12.8 Å². The van der Waals surface area contributed by atoms with Crippen LogP contribution in [0.5, 0.6) is 0 Å². The normalized spacial score (nSPS) is 15.2. The summed E-state index contributed by atoms with van der Waals surface area (Å²) in [6.07, 6.45) is 8.80. The molecule has 0 amide bonds. The van der Waals surface area contributed by atoms with E-state index < -0.39 is 5.82 Å². The minimum atomic E-state index is -0.429. The molecule has 4 aromatic rings. The fourth-order valence-electron chi connectivity index (χ4n) is 3.44. The molecule has 142 valence electrons. The minimum Gasteiger partial charge on any atom is -0.366 e. The van der Waals surface area contributed by atoms with Crippen LogP contribution in [0.3, 0.4) is 0 Å². The van der Waals surface area contributed by atoms with Gasteiger partial charge in [-0.2, -0.15) is 5.10 Å². The topological polar surface area (TPSA) is 85.0 Å². The Hall–Kier alpha value is -3.33. The summed E-state index contributed by atoms with van der Waals surface area (Å²) in [7, 11) is 0. The maximum atomic E-state index is 14.0. The van der Waals surface area contributed by atoms with E-state index in [1.54, 1.807) is 29.2 Å². The third-order valence-electron chi connectivity index (χ3n) is 4.89. The Morgan fingerprint density at radius 2 is 2.00 bits per heavy atom. The van der Waals surface area contributed by atoms with Crippen molar-refractivity contribution in [1.29, 1.82) is 0 Å². The van der Waals surface area contributed by atoms with Crippen LogP contribution in [0.4, 0.5) is 10.2 Å². The zero-order valence-corrected chi connectivity index (χ0v) is 15.1. The molecule has 1 aliphatic rings. The summed E-state index contributed by atoms with van der Waals surface area (Å²) in [5, 5.41) is 15.8. The number of pyridine rings is 1. The number of halogens is 1. The van der Waals surface area contributed by atoms with Gasteiger partial charge in [-0.1, -0.05) is 0 Å². The zero-order chi connectivity index (χ0) is 18.9. The number of nitrogens with one attached hydrogen (secondary N) is 2. The van der Waals surface area contributed by atoms with E-state index in [2.05, 4.69) is 25.7 Å². The lowest BCUT2D eigenvalue weighted by Gasteiger charge is -2.24. The molecular formula is C19H19FN8. The van der Waals surface area contributed by atoms with Gasteiger partial charge in [0.1, 0.15) is 5.82 Å². The van der Waals surface area contributed by atoms with E-state index in [0.29, 0.717) is 6.04 Å². The third kappa shape index (κ3) is 3.09. The van der Waals surface area contributed by atoms with Gasteiger partial charge in [0.2, 0.25) is 0 Å². The first kappa shape index (κ1) is 16.8. The lowest BCUT2D eigenvalue weighted by molar-refractivity contribution is 0.477. The summed E-state index contributed by atoms with van der Waals surface area (Å²) >= 11 is 0. The molecule has 5 heterocycles. The van der Waals surface area contributed by atoms with Gasteiger partial charge >= 0.3 is 0 Å². The first-order valence-corrected chi connectivity index (χ1v) is 9.26. The lowest BCUT2D eigenvalue weighted by atomic mass is 10.1. The first-order chi connectivity index (χ1) is 13.8. The number of nitrogens with zero attached hydrogens (tertiary/aromatic N) is 6. The second kappa shape index (κ2) is 7.01. The van der Waals surface area contributed by atoms with E-state index in [9.17, 15) is 4.39 Å². The van der Waals surface area contributed by atoms with Crippen LogP contribution in [0, 0.1) is 5.82 Å². The third-order valence-corrected chi connectivity index (χ3v) is 4.89. The molecule has 1 fully saturated rings. The van der Waals surface area contributed by atoms with Gasteiger partial charge in [0.15, 0.2) is 17.3 Å². The van der Waals surface area contributed by atoms with E-state index in [1.807, 2.05) is 12.1 Å². The second-order valence-corrected chi connectivity index (χ2v) is 6.78. The van der Waals surface area contributed by atoms with E-state index in [4.69, 9.17) is 5.10 Å². The molecule has 9 heteroatoms. The largest absolute Gasteiger partial charge is 0.366 e. The van der Waals surface area contributed by atoms with Crippen molar-refractivity contribution in [3.63, 3.8) is 0 Å². The van der Waals surface area contributed by atoms with E-state index in [-0.39, 0.29) is 5.82 Å². The van der Waals surface area contributed by atoms with Crippen molar-refractivity contribution in [2.75, 3.05) is 18.4 Å². The number of fused-ring (bicyclic) bond motifs is 1. The number of rotatable bonds is 4. The number of anilines is 1. The summed E-state index contributed by atoms with van der Waals surface area (Å²) < 4.78 is 17.2. The van der Waals surface area contributed by atoms with Crippen molar-refractivity contribution in [3.8, 4) is 17.1 Å². The summed E-state index contributed by atoms with van der Waals surface area (Å²) in [6, 6.07) is 7.20. The Labute approximate surface area is 160 Å². The molecule has 0 saturated carbocycles. The molecule has 0 bridgehead atoms. The number of aromatic nitrogens is 6. The molecule has 0 aliphatic carbocycles. The molecule has 4 aromatic heterocycles. The van der Waals surface area contributed by atoms with Crippen molar-refractivity contribution < 1.29 is 4.39 Å². The molecule has 28 heavy (non-hydrogen) atoms. The van der Waals surface area contributed by atoms with E-state index in [1.165, 1.54) is 16.9 Å². The van der Waals surface area contributed by atoms with Crippen LogP contribution in [-0.2, 0) is 0 Å². The van der Waals surface area contributed by atoms with Gasteiger partial charge in [-0.15, -0.1) is 5.10 Å². The van der Waals surface area contributed by atoms with E-state index >= 15 is 0 Å². The zero-order valence-electron chi connectivity index (χ0n) is 15.1. The number of hydrogen-bond donors (Lipinski definition) is 2. The molecule has 1 saturated heterocycles.